The molecule has 0 unspecified atom stereocenters. The number of nitrogens with zero attached hydrogens (tertiary/aromatic N) is 2. The van der Waals surface area contributed by atoms with Crippen molar-refractivity contribution >= 4 is 32.5 Å². The highest BCUT2D eigenvalue weighted by Crippen LogP contribution is 2.28. The third-order valence-corrected chi connectivity index (χ3v) is 7.85. The van der Waals surface area contributed by atoms with Crippen molar-refractivity contribution in [1.29, 1.82) is 0 Å². The molecular formula is C25H23N3O3S. The van der Waals surface area contributed by atoms with E-state index >= 15 is 0 Å². The molecule has 0 saturated carbocycles. The first-order valence-corrected chi connectivity index (χ1v) is 11.9. The molecule has 5 rings (SSSR count). The lowest BCUT2D eigenvalue weighted by atomic mass is 10.0. The number of benzene rings is 3. The van der Waals surface area contributed by atoms with Crippen LogP contribution < -0.4 is 4.31 Å². The number of hydrogen-bond acceptors (Lipinski definition) is 3. The van der Waals surface area contributed by atoms with E-state index in [-0.39, 0.29) is 10.8 Å². The Morgan fingerprint density at radius 2 is 1.62 bits per heavy atom. The van der Waals surface area contributed by atoms with Gasteiger partial charge in [0.2, 0.25) is 0 Å². The van der Waals surface area contributed by atoms with Crippen molar-refractivity contribution in [3.05, 3.63) is 95.7 Å². The minimum Gasteiger partial charge on any atom is -0.358 e. The molecule has 4 aromatic rings. The van der Waals surface area contributed by atoms with Crippen LogP contribution in [0.15, 0.2) is 83.8 Å². The van der Waals surface area contributed by atoms with Gasteiger partial charge in [-0.2, -0.15) is 0 Å². The maximum absolute atomic E-state index is 13.1. The van der Waals surface area contributed by atoms with E-state index < -0.39 is 10.0 Å². The molecule has 1 aromatic heterocycles. The van der Waals surface area contributed by atoms with Gasteiger partial charge in [-0.05, 0) is 42.5 Å². The summed E-state index contributed by atoms with van der Waals surface area (Å²) in [5.41, 5.74) is 4.48. The van der Waals surface area contributed by atoms with Crippen LogP contribution in [0.1, 0.15) is 21.6 Å². The predicted octanol–water partition coefficient (Wildman–Crippen LogP) is 4.19. The van der Waals surface area contributed by atoms with Crippen molar-refractivity contribution in [2.75, 3.05) is 17.9 Å². The molecule has 3 aromatic carbocycles. The maximum atomic E-state index is 13.1. The van der Waals surface area contributed by atoms with Crippen LogP contribution in [0.4, 0.5) is 5.69 Å². The quantitative estimate of drug-likeness (QED) is 0.512. The van der Waals surface area contributed by atoms with E-state index in [2.05, 4.69) is 11.1 Å². The SMILES string of the molecule is CN(c1ccccc1)S(=O)(=O)c1ccc(C(=O)N2CCc3[nH]c4ccccc4c3C2)cc1. The number of H-pyrrole nitrogens is 1. The van der Waals surface area contributed by atoms with Crippen LogP contribution in [0.25, 0.3) is 10.9 Å². The zero-order valence-corrected chi connectivity index (χ0v) is 18.5. The number of para-hydroxylation sites is 2. The number of carbonyl (C=O) groups is 1. The Bertz CT molecular complexity index is 1390. The molecule has 0 spiro atoms. The molecule has 0 aliphatic carbocycles. The van der Waals surface area contributed by atoms with Gasteiger partial charge in [-0.15, -0.1) is 0 Å². The first-order chi connectivity index (χ1) is 15.4. The van der Waals surface area contributed by atoms with Crippen LogP contribution in [0, 0.1) is 0 Å². The lowest BCUT2D eigenvalue weighted by molar-refractivity contribution is 0.0735. The van der Waals surface area contributed by atoms with Gasteiger partial charge >= 0.3 is 0 Å². The smallest absolute Gasteiger partial charge is 0.264 e. The minimum atomic E-state index is -3.71. The Morgan fingerprint density at radius 3 is 2.38 bits per heavy atom. The summed E-state index contributed by atoms with van der Waals surface area (Å²) in [5, 5.41) is 1.14. The third-order valence-electron chi connectivity index (χ3n) is 6.05. The number of aromatic nitrogens is 1. The van der Waals surface area contributed by atoms with Crippen molar-refractivity contribution in [2.45, 2.75) is 17.9 Å². The first-order valence-electron chi connectivity index (χ1n) is 10.5. The highest BCUT2D eigenvalue weighted by Gasteiger charge is 2.26. The monoisotopic (exact) mass is 445 g/mol. The Kier molecular flexibility index (Phi) is 4.98. The Hall–Kier alpha value is -3.58. The van der Waals surface area contributed by atoms with Crippen molar-refractivity contribution in [3.8, 4) is 0 Å². The molecule has 0 fully saturated rings. The number of rotatable bonds is 4. The number of sulfonamides is 1. The zero-order valence-electron chi connectivity index (χ0n) is 17.7. The first kappa shape index (κ1) is 20.3. The summed E-state index contributed by atoms with van der Waals surface area (Å²) in [6.45, 7) is 1.16. The van der Waals surface area contributed by atoms with Crippen molar-refractivity contribution < 1.29 is 13.2 Å². The summed E-state index contributed by atoms with van der Waals surface area (Å²) in [6, 6.07) is 23.2. The molecule has 0 atom stereocenters. The van der Waals surface area contributed by atoms with E-state index in [1.165, 1.54) is 29.2 Å². The van der Waals surface area contributed by atoms with Crippen LogP contribution in [0.5, 0.6) is 0 Å². The lowest BCUT2D eigenvalue weighted by Crippen LogP contribution is -2.35. The van der Waals surface area contributed by atoms with Crippen LogP contribution >= 0.6 is 0 Å². The van der Waals surface area contributed by atoms with E-state index in [0.717, 1.165) is 22.9 Å². The molecule has 0 radical (unpaired) electrons. The van der Waals surface area contributed by atoms with Gasteiger partial charge < -0.3 is 9.88 Å². The van der Waals surface area contributed by atoms with E-state index in [0.29, 0.717) is 24.3 Å². The molecular weight excluding hydrogens is 422 g/mol. The van der Waals surface area contributed by atoms with Gasteiger partial charge in [0.25, 0.3) is 15.9 Å². The fraction of sp³-hybridized carbons (Fsp3) is 0.160. The van der Waals surface area contributed by atoms with E-state index in [1.807, 2.05) is 29.2 Å². The molecule has 1 aliphatic heterocycles. The molecule has 6 nitrogen and oxygen atoms in total. The van der Waals surface area contributed by atoms with Gasteiger partial charge in [-0.1, -0.05) is 36.4 Å². The van der Waals surface area contributed by atoms with Crippen molar-refractivity contribution in [1.82, 2.24) is 9.88 Å². The number of amides is 1. The van der Waals surface area contributed by atoms with Gasteiger partial charge in [0, 0.05) is 54.3 Å². The highest BCUT2D eigenvalue weighted by atomic mass is 32.2. The summed E-state index contributed by atoms with van der Waals surface area (Å²) >= 11 is 0. The van der Waals surface area contributed by atoms with Crippen LogP contribution in [0.3, 0.4) is 0 Å². The molecule has 7 heteroatoms. The van der Waals surface area contributed by atoms with Gasteiger partial charge in [-0.3, -0.25) is 9.10 Å². The van der Waals surface area contributed by atoms with E-state index in [1.54, 1.807) is 36.4 Å². The largest absolute Gasteiger partial charge is 0.358 e. The fourth-order valence-corrected chi connectivity index (χ4v) is 5.42. The molecule has 1 amide bonds. The average molecular weight is 446 g/mol. The summed E-state index contributed by atoms with van der Waals surface area (Å²) in [7, 11) is -2.19. The topological polar surface area (TPSA) is 73.5 Å². The number of nitrogens with one attached hydrogen (secondary N) is 1. The van der Waals surface area contributed by atoms with Crippen molar-refractivity contribution in [3.63, 3.8) is 0 Å². The summed E-state index contributed by atoms with van der Waals surface area (Å²) in [6.07, 6.45) is 0.768. The minimum absolute atomic E-state index is 0.0960. The number of fused-ring (bicyclic) bond motifs is 3. The Balaban J connectivity index is 1.37. The number of anilines is 1. The van der Waals surface area contributed by atoms with E-state index in [9.17, 15) is 13.2 Å². The summed E-state index contributed by atoms with van der Waals surface area (Å²) in [4.78, 5) is 18.6. The van der Waals surface area contributed by atoms with Gasteiger partial charge in [0.05, 0.1) is 10.6 Å². The number of aromatic amines is 1. The standard InChI is InChI=1S/C25H23N3O3S/c1-27(19-7-3-2-4-8-19)32(30,31)20-13-11-18(12-14-20)25(29)28-16-15-24-22(17-28)21-9-5-6-10-23(21)26-24/h2-14,26H,15-17H2,1H3. The summed E-state index contributed by atoms with van der Waals surface area (Å²) in [5.74, 6) is -0.0960. The molecule has 1 N–H and O–H groups in total. The molecule has 0 bridgehead atoms. The molecule has 162 valence electrons. The lowest BCUT2D eigenvalue weighted by Gasteiger charge is -2.27. The third kappa shape index (κ3) is 3.44. The highest BCUT2D eigenvalue weighted by molar-refractivity contribution is 7.92. The van der Waals surface area contributed by atoms with Crippen LogP contribution in [-0.4, -0.2) is 37.8 Å². The van der Waals surface area contributed by atoms with E-state index in [4.69, 9.17) is 0 Å². The summed E-state index contributed by atoms with van der Waals surface area (Å²) < 4.78 is 27.2. The number of hydrogen-bond donors (Lipinski definition) is 1. The average Bonchev–Trinajstić information content (AvgIpc) is 3.21. The molecule has 1 aliphatic rings. The zero-order chi connectivity index (χ0) is 22.3. The van der Waals surface area contributed by atoms with Crippen LogP contribution in [0.2, 0.25) is 0 Å². The number of carbonyl (C=O) groups excluding carboxylic acids is 1. The second-order valence-electron chi connectivity index (χ2n) is 7.94. The second kappa shape index (κ2) is 7.84. The Morgan fingerprint density at radius 1 is 0.938 bits per heavy atom. The maximum Gasteiger partial charge on any atom is 0.264 e. The van der Waals surface area contributed by atoms with Crippen LogP contribution in [-0.2, 0) is 23.0 Å². The predicted molar refractivity (Wildman–Crippen MR) is 125 cm³/mol. The van der Waals surface area contributed by atoms with Gasteiger partial charge in [-0.25, -0.2) is 8.42 Å². The van der Waals surface area contributed by atoms with Gasteiger partial charge in [0.1, 0.15) is 0 Å². The molecule has 2 heterocycles. The van der Waals surface area contributed by atoms with Gasteiger partial charge in [0.15, 0.2) is 0 Å². The Labute approximate surface area is 187 Å². The fourth-order valence-electron chi connectivity index (χ4n) is 4.23. The molecule has 32 heavy (non-hydrogen) atoms. The molecule has 0 saturated heterocycles. The van der Waals surface area contributed by atoms with Crippen molar-refractivity contribution in [2.24, 2.45) is 0 Å². The second-order valence-corrected chi connectivity index (χ2v) is 9.91. The normalized spacial score (nSPS) is 13.7.